The number of ketones is 1. The molecule has 0 spiro atoms. The van der Waals surface area contributed by atoms with Gasteiger partial charge in [0.15, 0.2) is 0 Å². The molecule has 1 atom stereocenters. The molecule has 0 saturated heterocycles. The minimum Gasteiger partial charge on any atom is -0.300 e. The number of hydrogen-bond donors (Lipinski definition) is 0. The first kappa shape index (κ1) is 11.5. The second kappa shape index (κ2) is 4.93. The molecule has 92 valence electrons. The van der Waals surface area contributed by atoms with Crippen molar-refractivity contribution in [3.63, 3.8) is 0 Å². The molecule has 1 heteroatoms. The van der Waals surface area contributed by atoms with Crippen molar-refractivity contribution in [2.75, 3.05) is 0 Å². The third kappa shape index (κ3) is 2.31. The highest BCUT2D eigenvalue weighted by Crippen LogP contribution is 2.31. The van der Waals surface area contributed by atoms with E-state index in [1.165, 1.54) is 22.8 Å². The molecule has 3 rings (SSSR count). The van der Waals surface area contributed by atoms with Gasteiger partial charge in [-0.05, 0) is 35.1 Å². The molecule has 0 aromatic heterocycles. The maximum Gasteiger partial charge on any atom is 0.133 e. The summed E-state index contributed by atoms with van der Waals surface area (Å²) in [6.45, 7) is 0. The molecule has 1 aliphatic carbocycles. The lowest BCUT2D eigenvalue weighted by Crippen LogP contribution is -2.03. The van der Waals surface area contributed by atoms with Gasteiger partial charge in [-0.2, -0.15) is 0 Å². The quantitative estimate of drug-likeness (QED) is 0.670. The Bertz CT molecular complexity index is 571. The molecule has 1 fully saturated rings. The Morgan fingerprint density at radius 1 is 0.944 bits per heavy atom. The molecule has 0 radical (unpaired) electrons. The SMILES string of the molecule is O=C1CCCCC(c2ccc3ccccc3c2)C1. The van der Waals surface area contributed by atoms with Gasteiger partial charge >= 0.3 is 0 Å². The molecule has 0 N–H and O–H groups in total. The van der Waals surface area contributed by atoms with Crippen LogP contribution in [0.3, 0.4) is 0 Å². The van der Waals surface area contributed by atoms with Crippen LogP contribution in [0.4, 0.5) is 0 Å². The fourth-order valence-corrected chi connectivity index (χ4v) is 2.94. The highest BCUT2D eigenvalue weighted by molar-refractivity contribution is 5.84. The summed E-state index contributed by atoms with van der Waals surface area (Å²) < 4.78 is 0. The van der Waals surface area contributed by atoms with Gasteiger partial charge in [-0.3, -0.25) is 4.79 Å². The summed E-state index contributed by atoms with van der Waals surface area (Å²) in [4.78, 5) is 11.7. The van der Waals surface area contributed by atoms with Gasteiger partial charge in [-0.1, -0.05) is 48.9 Å². The minimum atomic E-state index is 0.435. The zero-order chi connectivity index (χ0) is 12.4. The van der Waals surface area contributed by atoms with Crippen molar-refractivity contribution >= 4 is 16.6 Å². The zero-order valence-corrected chi connectivity index (χ0v) is 10.6. The second-order valence-electron chi connectivity index (χ2n) is 5.29. The van der Waals surface area contributed by atoms with Gasteiger partial charge in [0.25, 0.3) is 0 Å². The van der Waals surface area contributed by atoms with E-state index in [0.29, 0.717) is 11.7 Å². The lowest BCUT2D eigenvalue weighted by atomic mass is 9.90. The van der Waals surface area contributed by atoms with E-state index in [9.17, 15) is 4.79 Å². The monoisotopic (exact) mass is 238 g/mol. The average Bonchev–Trinajstić information content (AvgIpc) is 2.63. The van der Waals surface area contributed by atoms with Crippen LogP contribution in [0.25, 0.3) is 10.8 Å². The number of fused-ring (bicyclic) bond motifs is 1. The first-order valence-electron chi connectivity index (χ1n) is 6.83. The Morgan fingerprint density at radius 3 is 2.67 bits per heavy atom. The Balaban J connectivity index is 1.95. The van der Waals surface area contributed by atoms with E-state index in [4.69, 9.17) is 0 Å². The number of hydrogen-bond acceptors (Lipinski definition) is 1. The van der Waals surface area contributed by atoms with E-state index in [1.54, 1.807) is 0 Å². The maximum atomic E-state index is 11.7. The number of carbonyl (C=O) groups excluding carboxylic acids is 1. The smallest absolute Gasteiger partial charge is 0.133 e. The number of benzene rings is 2. The second-order valence-corrected chi connectivity index (χ2v) is 5.29. The molecule has 0 heterocycles. The van der Waals surface area contributed by atoms with E-state index >= 15 is 0 Å². The topological polar surface area (TPSA) is 17.1 Å². The van der Waals surface area contributed by atoms with Crippen LogP contribution in [-0.2, 0) is 4.79 Å². The predicted octanol–water partition coefficient (Wildman–Crippen LogP) is 4.46. The number of rotatable bonds is 1. The van der Waals surface area contributed by atoms with E-state index in [0.717, 1.165) is 25.7 Å². The molecule has 2 aromatic rings. The van der Waals surface area contributed by atoms with Gasteiger partial charge in [0, 0.05) is 12.8 Å². The van der Waals surface area contributed by atoms with Crippen molar-refractivity contribution in [3.05, 3.63) is 48.0 Å². The Labute approximate surface area is 108 Å². The van der Waals surface area contributed by atoms with Crippen molar-refractivity contribution in [1.82, 2.24) is 0 Å². The van der Waals surface area contributed by atoms with E-state index < -0.39 is 0 Å². The molecule has 2 aromatic carbocycles. The van der Waals surface area contributed by atoms with Gasteiger partial charge in [-0.15, -0.1) is 0 Å². The lowest BCUT2D eigenvalue weighted by Gasteiger charge is -2.14. The fourth-order valence-electron chi connectivity index (χ4n) is 2.94. The Hall–Kier alpha value is -1.63. The summed E-state index contributed by atoms with van der Waals surface area (Å²) in [6, 6.07) is 15.1. The summed E-state index contributed by atoms with van der Waals surface area (Å²) in [7, 11) is 0. The molecule has 0 bridgehead atoms. The van der Waals surface area contributed by atoms with Crippen LogP contribution in [0.2, 0.25) is 0 Å². The van der Waals surface area contributed by atoms with Gasteiger partial charge in [-0.25, -0.2) is 0 Å². The van der Waals surface area contributed by atoms with E-state index in [-0.39, 0.29) is 0 Å². The summed E-state index contributed by atoms with van der Waals surface area (Å²) in [5, 5.41) is 2.56. The maximum absolute atomic E-state index is 11.7. The van der Waals surface area contributed by atoms with Gasteiger partial charge in [0.2, 0.25) is 0 Å². The molecule has 18 heavy (non-hydrogen) atoms. The fraction of sp³-hybridized carbons (Fsp3) is 0.353. The molecule has 0 aliphatic heterocycles. The van der Waals surface area contributed by atoms with Crippen LogP contribution >= 0.6 is 0 Å². The Kier molecular flexibility index (Phi) is 3.14. The molecular formula is C17H18O. The minimum absolute atomic E-state index is 0.435. The summed E-state index contributed by atoms with van der Waals surface area (Å²) in [6.07, 6.45) is 4.93. The summed E-state index contributed by atoms with van der Waals surface area (Å²) in [5.74, 6) is 0.871. The number of carbonyl (C=O) groups is 1. The predicted molar refractivity (Wildman–Crippen MR) is 74.8 cm³/mol. The largest absolute Gasteiger partial charge is 0.300 e. The van der Waals surface area contributed by atoms with Crippen molar-refractivity contribution < 1.29 is 4.79 Å². The zero-order valence-electron chi connectivity index (χ0n) is 10.6. The van der Waals surface area contributed by atoms with Crippen molar-refractivity contribution in [2.45, 2.75) is 38.0 Å². The van der Waals surface area contributed by atoms with E-state index in [1.807, 2.05) is 0 Å². The van der Waals surface area contributed by atoms with Crippen LogP contribution in [0.5, 0.6) is 0 Å². The van der Waals surface area contributed by atoms with Crippen LogP contribution in [0.1, 0.15) is 43.6 Å². The van der Waals surface area contributed by atoms with Crippen LogP contribution in [0.15, 0.2) is 42.5 Å². The molecular weight excluding hydrogens is 220 g/mol. The highest BCUT2D eigenvalue weighted by Gasteiger charge is 2.19. The summed E-state index contributed by atoms with van der Waals surface area (Å²) >= 11 is 0. The highest BCUT2D eigenvalue weighted by atomic mass is 16.1. The lowest BCUT2D eigenvalue weighted by molar-refractivity contribution is -0.119. The van der Waals surface area contributed by atoms with Crippen LogP contribution in [0, 0.1) is 0 Å². The van der Waals surface area contributed by atoms with Crippen molar-refractivity contribution in [2.24, 2.45) is 0 Å². The third-order valence-corrected chi connectivity index (χ3v) is 3.98. The standard InChI is InChI=1S/C17H18O/c18-17-8-4-3-7-15(12-17)16-10-9-13-5-1-2-6-14(13)11-16/h1-2,5-6,9-11,15H,3-4,7-8,12H2. The first-order valence-corrected chi connectivity index (χ1v) is 6.83. The summed E-state index contributed by atoms with van der Waals surface area (Å²) in [5.41, 5.74) is 1.34. The number of Topliss-reactive ketones (excluding diaryl/α,β-unsaturated/α-hetero) is 1. The average molecular weight is 238 g/mol. The van der Waals surface area contributed by atoms with E-state index in [2.05, 4.69) is 42.5 Å². The molecule has 0 amide bonds. The van der Waals surface area contributed by atoms with Gasteiger partial charge < -0.3 is 0 Å². The molecule has 1 nitrogen and oxygen atoms in total. The van der Waals surface area contributed by atoms with Gasteiger partial charge in [0.1, 0.15) is 5.78 Å². The third-order valence-electron chi connectivity index (χ3n) is 3.98. The van der Waals surface area contributed by atoms with Crippen molar-refractivity contribution in [1.29, 1.82) is 0 Å². The first-order chi connectivity index (χ1) is 8.83. The normalized spacial score (nSPS) is 20.9. The molecule has 1 saturated carbocycles. The van der Waals surface area contributed by atoms with Gasteiger partial charge in [0.05, 0.1) is 0 Å². The Morgan fingerprint density at radius 2 is 1.78 bits per heavy atom. The molecule has 1 aliphatic rings. The molecule has 1 unspecified atom stereocenters. The van der Waals surface area contributed by atoms with Crippen LogP contribution < -0.4 is 0 Å². The van der Waals surface area contributed by atoms with Crippen LogP contribution in [-0.4, -0.2) is 5.78 Å². The van der Waals surface area contributed by atoms with Crippen molar-refractivity contribution in [3.8, 4) is 0 Å².